The number of amides is 1. The van der Waals surface area contributed by atoms with Crippen LogP contribution in [0.1, 0.15) is 26.7 Å². The summed E-state index contributed by atoms with van der Waals surface area (Å²) in [6.45, 7) is 10.3. The lowest BCUT2D eigenvalue weighted by molar-refractivity contribution is -0.129. The maximum atomic E-state index is 11.9. The maximum Gasteiger partial charge on any atom is 0.236 e. The summed E-state index contributed by atoms with van der Waals surface area (Å²) >= 11 is 0. The Morgan fingerprint density at radius 1 is 1.32 bits per heavy atom. The number of ether oxygens (including phenoxy) is 1. The van der Waals surface area contributed by atoms with Gasteiger partial charge in [-0.15, -0.1) is 0 Å². The zero-order valence-electron chi connectivity index (χ0n) is 12.2. The van der Waals surface area contributed by atoms with Gasteiger partial charge in [-0.2, -0.15) is 0 Å². The van der Waals surface area contributed by atoms with Crippen LogP contribution in [0.4, 0.5) is 0 Å². The molecule has 0 aromatic carbocycles. The van der Waals surface area contributed by atoms with Crippen molar-refractivity contribution in [1.82, 2.24) is 15.1 Å². The third-order valence-electron chi connectivity index (χ3n) is 4.01. The van der Waals surface area contributed by atoms with E-state index in [0.29, 0.717) is 12.6 Å². The fourth-order valence-electron chi connectivity index (χ4n) is 2.75. The van der Waals surface area contributed by atoms with Crippen LogP contribution in [-0.2, 0) is 9.53 Å². The minimum Gasteiger partial charge on any atom is -0.374 e. The summed E-state index contributed by atoms with van der Waals surface area (Å²) in [5.74, 6) is 0.231. The lowest BCUT2D eigenvalue weighted by Gasteiger charge is -2.35. The first-order chi connectivity index (χ1) is 9.16. The topological polar surface area (TPSA) is 44.8 Å². The number of likely N-dealkylation sites (tertiary alicyclic amines) is 1. The highest BCUT2D eigenvalue weighted by atomic mass is 16.5. The number of carbonyl (C=O) groups excluding carboxylic acids is 1. The van der Waals surface area contributed by atoms with Gasteiger partial charge in [0.2, 0.25) is 5.91 Å². The molecule has 0 aliphatic carbocycles. The molecule has 1 amide bonds. The quantitative estimate of drug-likeness (QED) is 0.780. The minimum atomic E-state index is 0.211. The van der Waals surface area contributed by atoms with Gasteiger partial charge in [0.1, 0.15) is 0 Å². The Balaban J connectivity index is 1.63. The summed E-state index contributed by atoms with van der Waals surface area (Å²) in [4.78, 5) is 16.3. The Labute approximate surface area is 116 Å². The van der Waals surface area contributed by atoms with Gasteiger partial charge in [0.15, 0.2) is 0 Å². The SMILES string of the molecule is CC(C)N1CCOC(CNCC(=O)N2CCCC2)C1. The lowest BCUT2D eigenvalue weighted by atomic mass is 10.2. The Morgan fingerprint density at radius 2 is 2.05 bits per heavy atom. The van der Waals surface area contributed by atoms with Crippen molar-refractivity contribution in [3.63, 3.8) is 0 Å². The van der Waals surface area contributed by atoms with E-state index in [2.05, 4.69) is 24.1 Å². The lowest BCUT2D eigenvalue weighted by Crippen LogP contribution is -2.50. The van der Waals surface area contributed by atoms with Crippen LogP contribution in [0.15, 0.2) is 0 Å². The van der Waals surface area contributed by atoms with Crippen molar-refractivity contribution in [3.05, 3.63) is 0 Å². The molecule has 110 valence electrons. The Hall–Kier alpha value is -0.650. The predicted octanol–water partition coefficient (Wildman–Crippen LogP) is 0.308. The first-order valence-corrected chi connectivity index (χ1v) is 7.51. The second-order valence-corrected chi connectivity index (χ2v) is 5.80. The van der Waals surface area contributed by atoms with Crippen LogP contribution < -0.4 is 5.32 Å². The zero-order chi connectivity index (χ0) is 13.7. The molecule has 2 aliphatic heterocycles. The van der Waals surface area contributed by atoms with Crippen molar-refractivity contribution in [2.24, 2.45) is 0 Å². The number of nitrogens with zero attached hydrogens (tertiary/aromatic N) is 2. The molecule has 2 saturated heterocycles. The van der Waals surface area contributed by atoms with E-state index >= 15 is 0 Å². The molecular formula is C14H27N3O2. The fraction of sp³-hybridized carbons (Fsp3) is 0.929. The first-order valence-electron chi connectivity index (χ1n) is 7.51. The van der Waals surface area contributed by atoms with Gasteiger partial charge in [-0.1, -0.05) is 0 Å². The van der Waals surface area contributed by atoms with E-state index in [0.717, 1.165) is 52.2 Å². The van der Waals surface area contributed by atoms with Gasteiger partial charge in [-0.3, -0.25) is 9.69 Å². The molecule has 0 radical (unpaired) electrons. The summed E-state index contributed by atoms with van der Waals surface area (Å²) in [6.07, 6.45) is 2.52. The van der Waals surface area contributed by atoms with Crippen LogP contribution >= 0.6 is 0 Å². The first kappa shape index (κ1) is 14.8. The third kappa shape index (κ3) is 4.44. The van der Waals surface area contributed by atoms with E-state index in [1.807, 2.05) is 4.90 Å². The van der Waals surface area contributed by atoms with E-state index < -0.39 is 0 Å². The summed E-state index contributed by atoms with van der Waals surface area (Å²) in [5, 5.41) is 3.25. The molecule has 5 heteroatoms. The summed E-state index contributed by atoms with van der Waals surface area (Å²) < 4.78 is 5.74. The summed E-state index contributed by atoms with van der Waals surface area (Å²) in [6, 6.07) is 0.567. The molecule has 0 aromatic heterocycles. The Kier molecular flexibility index (Phi) is 5.60. The largest absolute Gasteiger partial charge is 0.374 e. The van der Waals surface area contributed by atoms with Gasteiger partial charge < -0.3 is 15.0 Å². The molecular weight excluding hydrogens is 242 g/mol. The third-order valence-corrected chi connectivity index (χ3v) is 4.01. The van der Waals surface area contributed by atoms with E-state index in [9.17, 15) is 4.79 Å². The van der Waals surface area contributed by atoms with Crippen LogP contribution in [-0.4, -0.2) is 73.7 Å². The van der Waals surface area contributed by atoms with Gasteiger partial charge in [-0.05, 0) is 26.7 Å². The van der Waals surface area contributed by atoms with Gasteiger partial charge in [-0.25, -0.2) is 0 Å². The molecule has 19 heavy (non-hydrogen) atoms. The van der Waals surface area contributed by atoms with Crippen molar-refractivity contribution >= 4 is 5.91 Å². The second-order valence-electron chi connectivity index (χ2n) is 5.80. The van der Waals surface area contributed by atoms with Crippen molar-refractivity contribution in [2.45, 2.75) is 38.8 Å². The van der Waals surface area contributed by atoms with Gasteiger partial charge >= 0.3 is 0 Å². The highest BCUT2D eigenvalue weighted by Crippen LogP contribution is 2.09. The smallest absolute Gasteiger partial charge is 0.236 e. The summed E-state index contributed by atoms with van der Waals surface area (Å²) in [7, 11) is 0. The van der Waals surface area contributed by atoms with Crippen molar-refractivity contribution in [1.29, 1.82) is 0 Å². The molecule has 1 unspecified atom stereocenters. The predicted molar refractivity (Wildman–Crippen MR) is 75.1 cm³/mol. The zero-order valence-corrected chi connectivity index (χ0v) is 12.2. The molecule has 2 rings (SSSR count). The van der Waals surface area contributed by atoms with Crippen molar-refractivity contribution in [3.8, 4) is 0 Å². The fourth-order valence-corrected chi connectivity index (χ4v) is 2.75. The molecule has 0 saturated carbocycles. The molecule has 1 N–H and O–H groups in total. The summed E-state index contributed by atoms with van der Waals surface area (Å²) in [5.41, 5.74) is 0. The van der Waals surface area contributed by atoms with Crippen LogP contribution in [0.5, 0.6) is 0 Å². The molecule has 1 atom stereocenters. The van der Waals surface area contributed by atoms with Crippen LogP contribution in [0.2, 0.25) is 0 Å². The molecule has 2 aliphatic rings. The normalized spacial score (nSPS) is 25.2. The number of morpholine rings is 1. The minimum absolute atomic E-state index is 0.211. The molecule has 0 spiro atoms. The average molecular weight is 269 g/mol. The highest BCUT2D eigenvalue weighted by molar-refractivity contribution is 5.78. The number of carbonyl (C=O) groups is 1. The average Bonchev–Trinajstić information content (AvgIpc) is 2.93. The van der Waals surface area contributed by atoms with Crippen molar-refractivity contribution < 1.29 is 9.53 Å². The number of hydrogen-bond donors (Lipinski definition) is 1. The van der Waals surface area contributed by atoms with Crippen LogP contribution in [0.25, 0.3) is 0 Å². The van der Waals surface area contributed by atoms with E-state index in [1.165, 1.54) is 0 Å². The second kappa shape index (κ2) is 7.22. The van der Waals surface area contributed by atoms with Gasteiger partial charge in [0.05, 0.1) is 19.3 Å². The molecule has 5 nitrogen and oxygen atoms in total. The van der Waals surface area contributed by atoms with E-state index in [1.54, 1.807) is 0 Å². The molecule has 2 fully saturated rings. The number of rotatable bonds is 5. The van der Waals surface area contributed by atoms with E-state index in [-0.39, 0.29) is 12.0 Å². The Bertz CT molecular complexity index is 290. The molecule has 2 heterocycles. The Morgan fingerprint density at radius 3 is 2.74 bits per heavy atom. The number of hydrogen-bond acceptors (Lipinski definition) is 4. The van der Waals surface area contributed by atoms with Gasteiger partial charge in [0.25, 0.3) is 0 Å². The molecule has 0 bridgehead atoms. The van der Waals surface area contributed by atoms with Gasteiger partial charge in [0, 0.05) is 38.8 Å². The van der Waals surface area contributed by atoms with Crippen LogP contribution in [0, 0.1) is 0 Å². The maximum absolute atomic E-state index is 11.9. The standard InChI is InChI=1S/C14H27N3O2/c1-12(2)17-7-8-19-13(11-17)9-15-10-14(18)16-5-3-4-6-16/h12-13,15H,3-11H2,1-2H3. The number of nitrogens with one attached hydrogen (secondary N) is 1. The van der Waals surface area contributed by atoms with Crippen molar-refractivity contribution in [2.75, 3.05) is 45.9 Å². The molecule has 0 aromatic rings. The highest BCUT2D eigenvalue weighted by Gasteiger charge is 2.22. The van der Waals surface area contributed by atoms with E-state index in [4.69, 9.17) is 4.74 Å². The van der Waals surface area contributed by atoms with Crippen LogP contribution in [0.3, 0.4) is 0 Å². The monoisotopic (exact) mass is 269 g/mol.